The van der Waals surface area contributed by atoms with Crippen LogP contribution < -0.4 is 15.4 Å². The van der Waals surface area contributed by atoms with Crippen molar-refractivity contribution in [3.8, 4) is 5.75 Å². The quantitative estimate of drug-likeness (QED) is 0.443. The lowest BCUT2D eigenvalue weighted by Gasteiger charge is -2.41. The Hall–Kier alpha value is -3.07. The fourth-order valence-corrected chi connectivity index (χ4v) is 4.55. The van der Waals surface area contributed by atoms with Crippen LogP contribution in [-0.2, 0) is 25.0 Å². The molecule has 0 radical (unpaired) electrons. The monoisotopic (exact) mass is 611 g/mol. The first-order valence-corrected chi connectivity index (χ1v) is 13.2. The number of carbonyl (C=O) groups is 2. The minimum Gasteiger partial charge on any atom is -0.433 e. The highest BCUT2D eigenvalue weighted by molar-refractivity contribution is 9.10. The number of carbonyl (C=O) groups excluding carboxylic acids is 2. The number of halogens is 6. The van der Waals surface area contributed by atoms with E-state index in [1.54, 1.807) is 0 Å². The maximum absolute atomic E-state index is 14.6. The van der Waals surface area contributed by atoms with Gasteiger partial charge in [-0.1, -0.05) is 28.1 Å². The Kier molecular flexibility index (Phi) is 8.27. The molecule has 200 valence electrons. The lowest BCUT2D eigenvalue weighted by Crippen LogP contribution is -2.59. The molecule has 1 aliphatic heterocycles. The number of ether oxygens (including phenoxy) is 1. The van der Waals surface area contributed by atoms with Gasteiger partial charge in [0.05, 0.1) is 11.9 Å². The fourth-order valence-electron chi connectivity index (χ4n) is 3.71. The summed E-state index contributed by atoms with van der Waals surface area (Å²) in [5.74, 6) is -3.43. The van der Waals surface area contributed by atoms with Crippen molar-refractivity contribution in [3.63, 3.8) is 0 Å². The van der Waals surface area contributed by atoms with Crippen LogP contribution in [0, 0.1) is 0 Å². The predicted molar refractivity (Wildman–Crippen MR) is 125 cm³/mol. The van der Waals surface area contributed by atoms with E-state index in [-0.39, 0.29) is 28.2 Å². The smallest absolute Gasteiger partial charge is 0.416 e. The summed E-state index contributed by atoms with van der Waals surface area (Å²) in [4.78, 5) is 29.0. The van der Waals surface area contributed by atoms with Gasteiger partial charge in [-0.15, -0.1) is 0 Å². The van der Waals surface area contributed by atoms with E-state index in [4.69, 9.17) is 0 Å². The number of rotatable bonds is 8. The Labute approximate surface area is 216 Å². The van der Waals surface area contributed by atoms with Crippen molar-refractivity contribution >= 4 is 43.2 Å². The maximum Gasteiger partial charge on any atom is 0.416 e. The number of hydrogen-bond acceptors (Lipinski definition) is 6. The number of hydrogen-bond donors (Lipinski definition) is 2. The van der Waals surface area contributed by atoms with Gasteiger partial charge in [-0.25, -0.2) is 8.42 Å². The third-order valence-electron chi connectivity index (χ3n) is 5.35. The van der Waals surface area contributed by atoms with Gasteiger partial charge in [0.1, 0.15) is 11.5 Å². The van der Waals surface area contributed by atoms with Crippen molar-refractivity contribution < 1.29 is 44.7 Å². The van der Waals surface area contributed by atoms with Crippen LogP contribution in [0.1, 0.15) is 17.7 Å². The summed E-state index contributed by atoms with van der Waals surface area (Å²) < 4.78 is 96.2. The molecule has 0 aliphatic carbocycles. The van der Waals surface area contributed by atoms with Gasteiger partial charge in [-0.2, -0.15) is 22.0 Å². The molecule has 2 aromatic rings. The second kappa shape index (κ2) is 10.7. The summed E-state index contributed by atoms with van der Waals surface area (Å²) in [5, 5.41) is 4.22. The van der Waals surface area contributed by atoms with Gasteiger partial charge in [0, 0.05) is 29.3 Å². The zero-order chi connectivity index (χ0) is 27.6. The highest BCUT2D eigenvalue weighted by Crippen LogP contribution is 2.48. The molecule has 0 bridgehead atoms. The van der Waals surface area contributed by atoms with Crippen LogP contribution in [0.4, 0.5) is 22.0 Å². The number of pyridine rings is 1. The lowest BCUT2D eigenvalue weighted by molar-refractivity contribution is -0.201. The molecule has 0 saturated heterocycles. The van der Waals surface area contributed by atoms with Crippen LogP contribution in [-0.4, -0.2) is 56.6 Å². The Morgan fingerprint density at radius 1 is 1.22 bits per heavy atom. The van der Waals surface area contributed by atoms with E-state index >= 15 is 0 Å². The van der Waals surface area contributed by atoms with E-state index in [0.717, 1.165) is 24.6 Å². The van der Waals surface area contributed by atoms with Gasteiger partial charge in [0.15, 0.2) is 15.4 Å². The number of alkyl halides is 5. The van der Waals surface area contributed by atoms with Crippen LogP contribution in [0.5, 0.6) is 5.75 Å². The highest BCUT2D eigenvalue weighted by atomic mass is 79.9. The third kappa shape index (κ3) is 6.83. The zero-order valence-electron chi connectivity index (χ0n) is 18.9. The van der Waals surface area contributed by atoms with Gasteiger partial charge < -0.3 is 15.4 Å². The van der Waals surface area contributed by atoms with Gasteiger partial charge in [0.25, 0.3) is 0 Å². The van der Waals surface area contributed by atoms with Crippen molar-refractivity contribution in [3.05, 3.63) is 63.9 Å². The summed E-state index contributed by atoms with van der Waals surface area (Å²) >= 11 is 3.15. The second-order valence-electron chi connectivity index (χ2n) is 8.10. The standard InChI is InChI=1S/C22H19BrF5N3O5S/c1-37(34,35)11-18(32)30-10-16-15(17-7-6-14(9-29-17)36-20(24)25)8-21(22(26,27)28,31-19(16)33)12-2-4-13(23)5-3-12/h2-7,9,20H,8,10-11H2,1H3,(H,30,32)(H,31,33)/t21-/m1/s1. The zero-order valence-corrected chi connectivity index (χ0v) is 21.3. The fraction of sp³-hybridized carbons (Fsp3) is 0.318. The van der Waals surface area contributed by atoms with Crippen LogP contribution >= 0.6 is 15.9 Å². The largest absolute Gasteiger partial charge is 0.433 e. The molecule has 1 aromatic carbocycles. The van der Waals surface area contributed by atoms with E-state index in [1.807, 2.05) is 5.32 Å². The molecule has 1 aromatic heterocycles. The van der Waals surface area contributed by atoms with Crippen LogP contribution in [0.2, 0.25) is 0 Å². The molecule has 1 atom stereocenters. The highest BCUT2D eigenvalue weighted by Gasteiger charge is 2.59. The van der Waals surface area contributed by atoms with Crippen LogP contribution in [0.25, 0.3) is 5.57 Å². The SMILES string of the molecule is CS(=O)(=O)CC(=O)NCC1=C(c2ccc(OC(F)F)cn2)C[C@@](c2ccc(Br)cc2)(C(F)(F)F)NC1=O. The minimum absolute atomic E-state index is 0.158. The second-order valence-corrected chi connectivity index (χ2v) is 11.2. The molecular formula is C22H19BrF5N3O5S. The van der Waals surface area contributed by atoms with Crippen LogP contribution in [0.3, 0.4) is 0 Å². The van der Waals surface area contributed by atoms with Gasteiger partial charge in [-0.05, 0) is 35.4 Å². The van der Waals surface area contributed by atoms with E-state index in [2.05, 4.69) is 31.0 Å². The molecule has 8 nitrogen and oxygen atoms in total. The van der Waals surface area contributed by atoms with E-state index in [9.17, 15) is 40.0 Å². The number of amides is 2. The normalized spacial score (nSPS) is 18.5. The first-order valence-electron chi connectivity index (χ1n) is 10.3. The molecule has 37 heavy (non-hydrogen) atoms. The Morgan fingerprint density at radius 3 is 2.38 bits per heavy atom. The Morgan fingerprint density at radius 2 is 1.86 bits per heavy atom. The van der Waals surface area contributed by atoms with Crippen molar-refractivity contribution in [1.82, 2.24) is 15.6 Å². The van der Waals surface area contributed by atoms with Gasteiger partial charge in [-0.3, -0.25) is 14.6 Å². The van der Waals surface area contributed by atoms with Crippen molar-refractivity contribution in [2.75, 3.05) is 18.6 Å². The predicted octanol–water partition coefficient (Wildman–Crippen LogP) is 3.34. The number of nitrogens with zero attached hydrogens (tertiary/aromatic N) is 1. The van der Waals surface area contributed by atoms with Crippen molar-refractivity contribution in [2.45, 2.75) is 24.7 Å². The molecule has 0 spiro atoms. The molecule has 2 amide bonds. The van der Waals surface area contributed by atoms with Crippen molar-refractivity contribution in [2.24, 2.45) is 0 Å². The van der Waals surface area contributed by atoms with Crippen LogP contribution in [0.15, 0.2) is 52.6 Å². The first kappa shape index (κ1) is 28.5. The molecule has 15 heteroatoms. The molecular weight excluding hydrogens is 593 g/mol. The molecule has 2 heterocycles. The van der Waals surface area contributed by atoms with E-state index < -0.39 is 58.7 Å². The summed E-state index contributed by atoms with van der Waals surface area (Å²) in [6, 6.07) is 7.25. The molecule has 2 N–H and O–H groups in total. The topological polar surface area (TPSA) is 114 Å². The van der Waals surface area contributed by atoms with Gasteiger partial charge in [0.2, 0.25) is 11.8 Å². The van der Waals surface area contributed by atoms with Crippen molar-refractivity contribution in [1.29, 1.82) is 0 Å². The number of nitrogens with one attached hydrogen (secondary N) is 2. The average Bonchev–Trinajstić information content (AvgIpc) is 2.76. The van der Waals surface area contributed by atoms with Gasteiger partial charge >= 0.3 is 12.8 Å². The van der Waals surface area contributed by atoms with E-state index in [0.29, 0.717) is 4.47 Å². The first-order chi connectivity index (χ1) is 17.1. The number of aromatic nitrogens is 1. The molecule has 0 unspecified atom stereocenters. The number of benzene rings is 1. The summed E-state index contributed by atoms with van der Waals surface area (Å²) in [6.07, 6.45) is -4.18. The van der Waals surface area contributed by atoms with E-state index in [1.165, 1.54) is 24.3 Å². The third-order valence-corrected chi connectivity index (χ3v) is 6.67. The summed E-state index contributed by atoms with van der Waals surface area (Å²) in [7, 11) is -3.72. The Balaban J connectivity index is 2.11. The summed E-state index contributed by atoms with van der Waals surface area (Å²) in [6.45, 7) is -3.77. The lowest BCUT2D eigenvalue weighted by atomic mass is 9.77. The maximum atomic E-state index is 14.6. The minimum atomic E-state index is -4.99. The number of sulfone groups is 1. The summed E-state index contributed by atoms with van der Waals surface area (Å²) in [5.41, 5.74) is -3.87. The molecule has 0 fully saturated rings. The molecule has 0 saturated carbocycles. The average molecular weight is 612 g/mol. The Bertz CT molecular complexity index is 1320. The molecule has 1 aliphatic rings. The molecule has 3 rings (SSSR count).